The molecule has 1 unspecified atom stereocenters. The number of nitrogens with two attached hydrogens (primary N) is 4. The van der Waals surface area contributed by atoms with E-state index in [0.29, 0.717) is 19.4 Å². The molecule has 0 saturated heterocycles. The maximum absolute atomic E-state index is 13.4. The second-order valence-corrected chi connectivity index (χ2v) is 12.6. The molecule has 16 N–H and O–H groups in total. The topological polar surface area (TPSA) is 327 Å². The SMILES string of the molecule is CCCCc1ccc(-c2ccc(C(=O)N[C@@H](CCCCN)C(=O)N[C@H](C(=O)N[C@@H](N)C(=O)N[C@@H](CC(N)=O)C(=O)N[C@@H](N)B(O)O)C(C)O)cc2)cc1. The van der Waals surface area contributed by atoms with Crippen LogP contribution in [0.1, 0.15) is 68.3 Å². The fourth-order valence-electron chi connectivity index (χ4n) is 5.04. The number of hydrogen-bond donors (Lipinski definition) is 12. The van der Waals surface area contributed by atoms with Gasteiger partial charge < -0.3 is 64.7 Å². The lowest BCUT2D eigenvalue weighted by molar-refractivity contribution is -0.136. The third-order valence-corrected chi connectivity index (χ3v) is 8.13. The van der Waals surface area contributed by atoms with Crippen LogP contribution in [0.4, 0.5) is 0 Å². The molecule has 0 bridgehead atoms. The molecular weight excluding hydrogens is 689 g/mol. The van der Waals surface area contributed by atoms with Gasteiger partial charge in [0.25, 0.3) is 11.8 Å². The van der Waals surface area contributed by atoms with E-state index in [0.717, 1.165) is 30.4 Å². The summed E-state index contributed by atoms with van der Waals surface area (Å²) in [6.45, 7) is 3.67. The standard InChI is InChI=1S/C34H52BN9O9/c1-3-4-7-20-9-11-21(12-10-20)22-13-15-23(16-14-22)29(47)40-24(8-5-6-17-36)30(48)42-27(19(2)45)32(50)43-28(38)33(51)41-25(18-26(37)46)31(49)44-34(39)35(52)53/h9-16,19,24-25,27-28,34,45,52-53H,3-8,17-18,36,38-39H2,1-2H3,(H2,37,46)(H,40,47)(H,41,51)(H,42,48)(H,43,50)(H,44,49)/t19?,24-,25-,27-,28+,34+/m0/s1. The number of aryl methyl sites for hydroxylation is 1. The average molecular weight is 742 g/mol. The lowest BCUT2D eigenvalue weighted by Gasteiger charge is -2.26. The van der Waals surface area contributed by atoms with E-state index in [2.05, 4.69) is 40.3 Å². The van der Waals surface area contributed by atoms with Gasteiger partial charge in [-0.1, -0.05) is 49.7 Å². The van der Waals surface area contributed by atoms with Crippen LogP contribution in [0.25, 0.3) is 11.1 Å². The first-order valence-corrected chi connectivity index (χ1v) is 17.3. The molecule has 0 spiro atoms. The van der Waals surface area contributed by atoms with Crippen molar-refractivity contribution in [2.75, 3.05) is 6.54 Å². The number of nitrogens with one attached hydrogen (secondary N) is 5. The van der Waals surface area contributed by atoms with Gasteiger partial charge in [-0.3, -0.25) is 28.8 Å². The van der Waals surface area contributed by atoms with Crippen molar-refractivity contribution in [2.45, 2.75) is 95.3 Å². The molecule has 290 valence electrons. The quantitative estimate of drug-likeness (QED) is 0.0326. The summed E-state index contributed by atoms with van der Waals surface area (Å²) in [7, 11) is -2.16. The molecule has 0 aromatic heterocycles. The number of aliphatic hydroxyl groups excluding tert-OH is 1. The Labute approximate surface area is 308 Å². The molecule has 0 aliphatic carbocycles. The molecule has 6 atom stereocenters. The van der Waals surface area contributed by atoms with Gasteiger partial charge in [-0.15, -0.1) is 0 Å². The number of hydrogen-bond acceptors (Lipinski definition) is 12. The van der Waals surface area contributed by atoms with Crippen molar-refractivity contribution in [3.05, 3.63) is 59.7 Å². The monoisotopic (exact) mass is 741 g/mol. The molecule has 0 fully saturated rings. The highest BCUT2D eigenvalue weighted by molar-refractivity contribution is 6.43. The van der Waals surface area contributed by atoms with E-state index in [1.165, 1.54) is 12.5 Å². The Morgan fingerprint density at radius 2 is 1.32 bits per heavy atom. The molecule has 2 aromatic rings. The molecule has 18 nitrogen and oxygen atoms in total. The van der Waals surface area contributed by atoms with Crippen molar-refractivity contribution >= 4 is 42.6 Å². The number of benzene rings is 2. The fourth-order valence-corrected chi connectivity index (χ4v) is 5.04. The van der Waals surface area contributed by atoms with Gasteiger partial charge in [-0.05, 0) is 74.4 Å². The molecule has 19 heteroatoms. The second kappa shape index (κ2) is 22.2. The number of carbonyl (C=O) groups excluding carboxylic acids is 6. The minimum Gasteiger partial charge on any atom is -0.425 e. The van der Waals surface area contributed by atoms with Crippen LogP contribution in [0, 0.1) is 0 Å². The summed E-state index contributed by atoms with van der Waals surface area (Å²) in [4.78, 5) is 76.5. The Balaban J connectivity index is 2.12. The minimum absolute atomic E-state index is 0.146. The summed E-state index contributed by atoms with van der Waals surface area (Å²) in [5, 5.41) is 39.8. The Morgan fingerprint density at radius 3 is 1.85 bits per heavy atom. The molecule has 2 rings (SSSR count). The zero-order chi connectivity index (χ0) is 39.7. The van der Waals surface area contributed by atoms with Crippen molar-refractivity contribution in [1.82, 2.24) is 26.6 Å². The molecular formula is C34H52BN9O9. The third kappa shape index (κ3) is 14.9. The first-order valence-electron chi connectivity index (χ1n) is 17.3. The number of primary amides is 1. The van der Waals surface area contributed by atoms with Gasteiger partial charge >= 0.3 is 7.12 Å². The lowest BCUT2D eigenvalue weighted by atomic mass is 9.86. The molecule has 0 aliphatic heterocycles. The van der Waals surface area contributed by atoms with Crippen molar-refractivity contribution < 1.29 is 43.9 Å². The number of amides is 6. The number of unbranched alkanes of at least 4 members (excludes halogenated alkanes) is 2. The predicted molar refractivity (Wildman–Crippen MR) is 196 cm³/mol. The molecule has 0 saturated carbocycles. The Morgan fingerprint density at radius 1 is 0.736 bits per heavy atom. The van der Waals surface area contributed by atoms with Gasteiger partial charge in [-0.25, -0.2) is 0 Å². The van der Waals surface area contributed by atoms with E-state index in [4.69, 9.17) is 33.0 Å². The van der Waals surface area contributed by atoms with Crippen LogP contribution < -0.4 is 49.5 Å². The van der Waals surface area contributed by atoms with E-state index < -0.39 is 85.4 Å². The molecule has 0 radical (unpaired) electrons. The molecule has 6 amide bonds. The average Bonchev–Trinajstić information content (AvgIpc) is 3.11. The number of aliphatic hydroxyl groups is 1. The molecule has 0 aliphatic rings. The first-order chi connectivity index (χ1) is 25.1. The first kappa shape index (κ1) is 44.2. The second-order valence-electron chi connectivity index (χ2n) is 12.6. The largest absolute Gasteiger partial charge is 0.490 e. The van der Waals surface area contributed by atoms with Gasteiger partial charge in [0.15, 0.2) is 6.17 Å². The van der Waals surface area contributed by atoms with Gasteiger partial charge in [0.2, 0.25) is 23.6 Å². The van der Waals surface area contributed by atoms with Gasteiger partial charge in [0.05, 0.1) is 12.5 Å². The molecule has 53 heavy (non-hydrogen) atoms. The summed E-state index contributed by atoms with van der Waals surface area (Å²) in [6.07, 6.45) is 0.221. The van der Waals surface area contributed by atoms with E-state index in [-0.39, 0.29) is 12.0 Å². The van der Waals surface area contributed by atoms with E-state index in [1.54, 1.807) is 24.3 Å². The fraction of sp³-hybridized carbons (Fsp3) is 0.471. The zero-order valence-electron chi connectivity index (χ0n) is 29.9. The normalized spacial score (nSPS) is 14.3. The lowest BCUT2D eigenvalue weighted by Crippen LogP contribution is -2.63. The van der Waals surface area contributed by atoms with Crippen molar-refractivity contribution in [3.8, 4) is 11.1 Å². The summed E-state index contributed by atoms with van der Waals surface area (Å²) < 4.78 is 0. The maximum atomic E-state index is 13.4. The highest BCUT2D eigenvalue weighted by atomic mass is 16.4. The molecule has 2 aromatic carbocycles. The summed E-state index contributed by atoms with van der Waals surface area (Å²) in [5.74, 6) is -5.79. The third-order valence-electron chi connectivity index (χ3n) is 8.13. The van der Waals surface area contributed by atoms with Gasteiger partial charge in [0.1, 0.15) is 24.2 Å². The van der Waals surface area contributed by atoms with Crippen molar-refractivity contribution in [1.29, 1.82) is 0 Å². The maximum Gasteiger partial charge on any atom is 0.490 e. The van der Waals surface area contributed by atoms with Crippen LogP contribution in [0.3, 0.4) is 0 Å². The smallest absolute Gasteiger partial charge is 0.425 e. The van der Waals surface area contributed by atoms with E-state index in [1.807, 2.05) is 17.4 Å². The van der Waals surface area contributed by atoms with Gasteiger partial charge in [0, 0.05) is 5.56 Å². The van der Waals surface area contributed by atoms with Crippen LogP contribution in [0.2, 0.25) is 0 Å². The van der Waals surface area contributed by atoms with Crippen LogP contribution in [-0.2, 0) is 30.4 Å². The summed E-state index contributed by atoms with van der Waals surface area (Å²) in [5.41, 5.74) is 25.3. The van der Waals surface area contributed by atoms with E-state index >= 15 is 0 Å². The van der Waals surface area contributed by atoms with Crippen LogP contribution in [0.5, 0.6) is 0 Å². The van der Waals surface area contributed by atoms with E-state index in [9.17, 15) is 33.9 Å². The Hall–Kier alpha value is -4.92. The predicted octanol–water partition coefficient (Wildman–Crippen LogP) is -3.04. The van der Waals surface area contributed by atoms with Crippen LogP contribution in [0.15, 0.2) is 48.5 Å². The minimum atomic E-state index is -2.16. The highest BCUT2D eigenvalue weighted by Crippen LogP contribution is 2.21. The Bertz CT molecular complexity index is 1530. The van der Waals surface area contributed by atoms with Gasteiger partial charge in [-0.2, -0.15) is 0 Å². The molecule has 0 heterocycles. The van der Waals surface area contributed by atoms with Crippen molar-refractivity contribution in [2.24, 2.45) is 22.9 Å². The number of carbonyl (C=O) groups is 6. The Kier molecular flexibility index (Phi) is 18.6. The highest BCUT2D eigenvalue weighted by Gasteiger charge is 2.33. The summed E-state index contributed by atoms with van der Waals surface area (Å²) >= 11 is 0. The van der Waals surface area contributed by atoms with Crippen LogP contribution >= 0.6 is 0 Å². The van der Waals surface area contributed by atoms with Crippen LogP contribution in [-0.4, -0.2) is 101 Å². The zero-order valence-corrected chi connectivity index (χ0v) is 29.9. The number of rotatable bonds is 22. The van der Waals surface area contributed by atoms with Crippen molar-refractivity contribution in [3.63, 3.8) is 0 Å². The summed E-state index contributed by atoms with van der Waals surface area (Å²) in [6, 6.07) is 8.90.